The van der Waals surface area contributed by atoms with Gasteiger partial charge in [0.2, 0.25) is 11.7 Å². The number of nitrogens with zero attached hydrogens (tertiary/aromatic N) is 3. The Balaban J connectivity index is 1.38. The molecule has 0 aliphatic carbocycles. The molecule has 1 aliphatic heterocycles. The van der Waals surface area contributed by atoms with Crippen molar-refractivity contribution in [2.24, 2.45) is 5.92 Å². The van der Waals surface area contributed by atoms with Gasteiger partial charge >= 0.3 is 6.03 Å². The average molecular weight is 386 g/mol. The number of thiophene rings is 1. The molecule has 4 rings (SSSR count). The first-order valence-electron chi connectivity index (χ1n) is 8.86. The van der Waals surface area contributed by atoms with Gasteiger partial charge in [0.05, 0.1) is 10.6 Å². The molecule has 27 heavy (non-hydrogen) atoms. The summed E-state index contributed by atoms with van der Waals surface area (Å²) in [5, 5.41) is 9.59. The molecule has 1 aromatic carbocycles. The van der Waals surface area contributed by atoms with Gasteiger partial charge in [-0.1, -0.05) is 17.3 Å². The van der Waals surface area contributed by atoms with Gasteiger partial charge in [-0.25, -0.2) is 9.18 Å². The summed E-state index contributed by atoms with van der Waals surface area (Å²) in [4.78, 5) is 18.6. The Hall–Kier alpha value is -2.74. The Labute approximate surface area is 160 Å². The summed E-state index contributed by atoms with van der Waals surface area (Å²) in [6.07, 6.45) is 2.49. The van der Waals surface area contributed by atoms with E-state index in [4.69, 9.17) is 4.52 Å². The van der Waals surface area contributed by atoms with Crippen LogP contribution in [0.2, 0.25) is 0 Å². The number of carbonyl (C=O) groups is 1. The van der Waals surface area contributed by atoms with Crippen LogP contribution < -0.4 is 5.32 Å². The van der Waals surface area contributed by atoms with E-state index >= 15 is 0 Å². The number of urea groups is 1. The van der Waals surface area contributed by atoms with Crippen molar-refractivity contribution in [2.75, 3.05) is 18.4 Å². The lowest BCUT2D eigenvalue weighted by Crippen LogP contribution is -2.42. The third-order valence-corrected chi connectivity index (χ3v) is 5.39. The molecule has 1 N–H and O–H groups in total. The third-order valence-electron chi connectivity index (χ3n) is 4.60. The normalized spacial score (nSPS) is 17.1. The number of aromatic nitrogens is 2. The lowest BCUT2D eigenvalue weighted by molar-refractivity contribution is 0.173. The van der Waals surface area contributed by atoms with Crippen LogP contribution >= 0.6 is 11.3 Å². The number of benzene rings is 1. The minimum Gasteiger partial charge on any atom is -0.339 e. The van der Waals surface area contributed by atoms with Crippen molar-refractivity contribution in [3.63, 3.8) is 0 Å². The van der Waals surface area contributed by atoms with Crippen molar-refractivity contribution in [1.82, 2.24) is 15.0 Å². The second-order valence-electron chi connectivity index (χ2n) is 6.56. The van der Waals surface area contributed by atoms with E-state index in [1.54, 1.807) is 18.2 Å². The molecule has 0 radical (unpaired) electrons. The Morgan fingerprint density at radius 2 is 2.22 bits per heavy atom. The van der Waals surface area contributed by atoms with Gasteiger partial charge in [0.15, 0.2) is 0 Å². The number of halogens is 1. The third kappa shape index (κ3) is 4.16. The molecule has 0 bridgehead atoms. The molecule has 1 fully saturated rings. The number of hydrogen-bond acceptors (Lipinski definition) is 5. The standard InChI is InChI=1S/C19H19FN4O2S/c20-15-7-2-1-6-14(15)18-21-16(26-23-18)11-13-5-3-9-24(12-13)19(25)22-17-8-4-10-27-17/h1-2,4,6-8,10,13H,3,5,9,11-12H2,(H,22,25). The highest BCUT2D eigenvalue weighted by Gasteiger charge is 2.26. The predicted octanol–water partition coefficient (Wildman–Crippen LogP) is 4.42. The van der Waals surface area contributed by atoms with Crippen LogP contribution in [0.25, 0.3) is 11.4 Å². The highest BCUT2D eigenvalue weighted by Crippen LogP contribution is 2.24. The molecule has 3 heterocycles. The average Bonchev–Trinajstić information content (AvgIpc) is 3.34. The zero-order chi connectivity index (χ0) is 18.6. The molecule has 0 saturated carbocycles. The van der Waals surface area contributed by atoms with Crippen molar-refractivity contribution in [1.29, 1.82) is 0 Å². The van der Waals surface area contributed by atoms with Crippen molar-refractivity contribution in [2.45, 2.75) is 19.3 Å². The Bertz CT molecular complexity index is 912. The van der Waals surface area contributed by atoms with Crippen LogP contribution in [0, 0.1) is 11.7 Å². The zero-order valence-corrected chi connectivity index (χ0v) is 15.4. The van der Waals surface area contributed by atoms with Gasteiger partial charge in [0.1, 0.15) is 5.82 Å². The van der Waals surface area contributed by atoms with Crippen LogP contribution in [0.3, 0.4) is 0 Å². The highest BCUT2D eigenvalue weighted by atomic mass is 32.1. The van der Waals surface area contributed by atoms with Gasteiger partial charge in [-0.3, -0.25) is 5.32 Å². The molecule has 1 aliphatic rings. The van der Waals surface area contributed by atoms with E-state index in [1.165, 1.54) is 17.4 Å². The molecule has 3 aromatic rings. The maximum atomic E-state index is 13.9. The molecule has 1 saturated heterocycles. The number of likely N-dealkylation sites (tertiary alicyclic amines) is 1. The van der Waals surface area contributed by atoms with Gasteiger partial charge in [-0.15, -0.1) is 11.3 Å². The van der Waals surface area contributed by atoms with Gasteiger partial charge in [0, 0.05) is 19.5 Å². The summed E-state index contributed by atoms with van der Waals surface area (Å²) in [7, 11) is 0. The number of anilines is 1. The SMILES string of the molecule is O=C(Nc1cccs1)N1CCCC(Cc2nc(-c3ccccc3F)no2)C1. The topological polar surface area (TPSA) is 71.3 Å². The smallest absolute Gasteiger partial charge is 0.322 e. The van der Waals surface area contributed by atoms with Crippen LogP contribution in [0.1, 0.15) is 18.7 Å². The Morgan fingerprint density at radius 1 is 1.33 bits per heavy atom. The maximum absolute atomic E-state index is 13.9. The van der Waals surface area contributed by atoms with Crippen molar-refractivity contribution in [3.05, 3.63) is 53.5 Å². The maximum Gasteiger partial charge on any atom is 0.322 e. The minimum atomic E-state index is -0.376. The number of hydrogen-bond donors (Lipinski definition) is 1. The van der Waals surface area contributed by atoms with Gasteiger partial charge in [-0.2, -0.15) is 4.98 Å². The van der Waals surface area contributed by atoms with Crippen LogP contribution in [-0.4, -0.2) is 34.2 Å². The molecule has 1 unspecified atom stereocenters. The second kappa shape index (κ2) is 7.87. The zero-order valence-electron chi connectivity index (χ0n) is 14.6. The predicted molar refractivity (Wildman–Crippen MR) is 101 cm³/mol. The van der Waals surface area contributed by atoms with E-state index in [-0.39, 0.29) is 23.6 Å². The number of amides is 2. The van der Waals surface area contributed by atoms with E-state index in [2.05, 4.69) is 15.5 Å². The molecule has 2 amide bonds. The highest BCUT2D eigenvalue weighted by molar-refractivity contribution is 7.14. The quantitative estimate of drug-likeness (QED) is 0.720. The van der Waals surface area contributed by atoms with E-state index in [0.29, 0.717) is 24.4 Å². The first kappa shape index (κ1) is 17.7. The molecule has 2 aromatic heterocycles. The van der Waals surface area contributed by atoms with Crippen molar-refractivity contribution in [3.8, 4) is 11.4 Å². The van der Waals surface area contributed by atoms with Crippen molar-refractivity contribution >= 4 is 22.4 Å². The number of carbonyl (C=O) groups excluding carboxylic acids is 1. The van der Waals surface area contributed by atoms with Crippen LogP contribution in [-0.2, 0) is 6.42 Å². The minimum absolute atomic E-state index is 0.0836. The first-order valence-corrected chi connectivity index (χ1v) is 9.74. The summed E-state index contributed by atoms with van der Waals surface area (Å²) in [5.74, 6) is 0.589. The number of piperidine rings is 1. The first-order chi connectivity index (χ1) is 13.2. The van der Waals surface area contributed by atoms with E-state index in [0.717, 1.165) is 24.4 Å². The fourth-order valence-electron chi connectivity index (χ4n) is 3.29. The molecular weight excluding hydrogens is 367 g/mol. The fourth-order valence-corrected chi connectivity index (χ4v) is 3.89. The van der Waals surface area contributed by atoms with Crippen LogP contribution in [0.4, 0.5) is 14.2 Å². The lowest BCUT2D eigenvalue weighted by Gasteiger charge is -2.32. The Morgan fingerprint density at radius 3 is 3.04 bits per heavy atom. The number of nitrogens with one attached hydrogen (secondary N) is 1. The molecule has 0 spiro atoms. The second-order valence-corrected chi connectivity index (χ2v) is 7.51. The Kier molecular flexibility index (Phi) is 5.15. The van der Waals surface area contributed by atoms with E-state index in [9.17, 15) is 9.18 Å². The summed E-state index contributed by atoms with van der Waals surface area (Å²) in [5.41, 5.74) is 0.327. The van der Waals surface area contributed by atoms with Crippen LogP contribution in [0.5, 0.6) is 0 Å². The van der Waals surface area contributed by atoms with Crippen molar-refractivity contribution < 1.29 is 13.7 Å². The van der Waals surface area contributed by atoms with Gasteiger partial charge < -0.3 is 9.42 Å². The summed E-state index contributed by atoms with van der Waals surface area (Å²) in [6.45, 7) is 1.37. The summed E-state index contributed by atoms with van der Waals surface area (Å²) >= 11 is 1.50. The summed E-state index contributed by atoms with van der Waals surface area (Å²) in [6, 6.07) is 10.1. The van der Waals surface area contributed by atoms with Gasteiger partial charge in [0.25, 0.3) is 0 Å². The van der Waals surface area contributed by atoms with E-state index < -0.39 is 0 Å². The molecule has 1 atom stereocenters. The molecular formula is C19H19FN4O2S. The lowest BCUT2D eigenvalue weighted by atomic mass is 9.95. The van der Waals surface area contributed by atoms with E-state index in [1.807, 2.05) is 22.4 Å². The molecule has 6 nitrogen and oxygen atoms in total. The van der Waals surface area contributed by atoms with Gasteiger partial charge in [-0.05, 0) is 48.4 Å². The summed E-state index contributed by atoms with van der Waals surface area (Å²) < 4.78 is 19.2. The number of rotatable bonds is 4. The largest absolute Gasteiger partial charge is 0.339 e. The molecule has 8 heteroatoms. The fraction of sp³-hybridized carbons (Fsp3) is 0.316. The monoisotopic (exact) mass is 386 g/mol. The van der Waals surface area contributed by atoms with Crippen LogP contribution in [0.15, 0.2) is 46.3 Å². The molecule has 140 valence electrons.